The Morgan fingerprint density at radius 1 is 1.25 bits per heavy atom. The zero-order chi connectivity index (χ0) is 9.14. The monoisotopic (exact) mass is 170 g/mol. The van der Waals surface area contributed by atoms with Gasteiger partial charge < -0.3 is 4.74 Å². The molecule has 0 aromatic heterocycles. The Morgan fingerprint density at radius 2 is 1.92 bits per heavy atom. The molecule has 1 fully saturated rings. The molecule has 0 aliphatic heterocycles. The first-order valence-corrected chi connectivity index (χ1v) is 5.18. The van der Waals surface area contributed by atoms with Crippen LogP contribution in [0.1, 0.15) is 40.0 Å². The van der Waals surface area contributed by atoms with E-state index in [4.69, 9.17) is 4.74 Å². The summed E-state index contributed by atoms with van der Waals surface area (Å²) >= 11 is 0. The molecule has 0 saturated heterocycles. The summed E-state index contributed by atoms with van der Waals surface area (Å²) in [6, 6.07) is 0. The van der Waals surface area contributed by atoms with E-state index in [0.29, 0.717) is 6.10 Å². The third-order valence-corrected chi connectivity index (χ3v) is 3.26. The maximum Gasteiger partial charge on any atom is 0.0604 e. The molecule has 1 rings (SSSR count). The molecule has 0 unspecified atom stereocenters. The Kier molecular flexibility index (Phi) is 3.57. The molecule has 72 valence electrons. The molecule has 0 radical (unpaired) electrons. The van der Waals surface area contributed by atoms with E-state index in [1.54, 1.807) is 0 Å². The number of rotatable bonds is 2. The van der Waals surface area contributed by atoms with Crippen molar-refractivity contribution in [3.05, 3.63) is 0 Å². The van der Waals surface area contributed by atoms with E-state index in [9.17, 15) is 0 Å². The van der Waals surface area contributed by atoms with E-state index in [-0.39, 0.29) is 0 Å². The van der Waals surface area contributed by atoms with Crippen molar-refractivity contribution in [2.75, 3.05) is 7.11 Å². The molecule has 0 N–H and O–H groups in total. The first-order valence-electron chi connectivity index (χ1n) is 5.18. The number of hydrogen-bond acceptors (Lipinski definition) is 1. The predicted molar refractivity (Wildman–Crippen MR) is 52.1 cm³/mol. The van der Waals surface area contributed by atoms with Crippen LogP contribution in [0.15, 0.2) is 0 Å². The second kappa shape index (κ2) is 4.27. The topological polar surface area (TPSA) is 9.23 Å². The van der Waals surface area contributed by atoms with Crippen molar-refractivity contribution in [1.29, 1.82) is 0 Å². The van der Waals surface area contributed by atoms with Crippen LogP contribution in [-0.4, -0.2) is 13.2 Å². The summed E-state index contributed by atoms with van der Waals surface area (Å²) in [5.74, 6) is 2.44. The average Bonchev–Trinajstić information content (AvgIpc) is 2.03. The lowest BCUT2D eigenvalue weighted by Gasteiger charge is -2.36. The Morgan fingerprint density at radius 3 is 2.42 bits per heavy atom. The summed E-state index contributed by atoms with van der Waals surface area (Å²) in [7, 11) is 1.86. The quantitative estimate of drug-likeness (QED) is 0.619. The number of ether oxygens (including phenoxy) is 1. The fraction of sp³-hybridized carbons (Fsp3) is 1.00. The van der Waals surface area contributed by atoms with Gasteiger partial charge in [-0.3, -0.25) is 0 Å². The minimum absolute atomic E-state index is 0.522. The molecule has 1 nitrogen and oxygen atoms in total. The van der Waals surface area contributed by atoms with E-state index in [1.165, 1.54) is 19.3 Å². The third-order valence-electron chi connectivity index (χ3n) is 3.26. The fourth-order valence-electron chi connectivity index (χ4n) is 2.39. The second-order valence-electron chi connectivity index (χ2n) is 4.60. The van der Waals surface area contributed by atoms with Crippen molar-refractivity contribution in [2.45, 2.75) is 46.1 Å². The highest BCUT2D eigenvalue weighted by atomic mass is 16.5. The van der Waals surface area contributed by atoms with E-state index in [1.807, 2.05) is 7.11 Å². The van der Waals surface area contributed by atoms with Crippen LogP contribution in [0, 0.1) is 17.8 Å². The smallest absolute Gasteiger partial charge is 0.0604 e. The zero-order valence-corrected chi connectivity index (χ0v) is 8.84. The lowest BCUT2D eigenvalue weighted by Crippen LogP contribution is -2.33. The number of methoxy groups -OCH3 is 1. The van der Waals surface area contributed by atoms with Gasteiger partial charge in [-0.1, -0.05) is 27.2 Å². The Hall–Kier alpha value is -0.0400. The summed E-state index contributed by atoms with van der Waals surface area (Å²) in [4.78, 5) is 0. The molecule has 1 saturated carbocycles. The van der Waals surface area contributed by atoms with Gasteiger partial charge in [-0.15, -0.1) is 0 Å². The van der Waals surface area contributed by atoms with E-state index >= 15 is 0 Å². The SMILES string of the molecule is CO[C@@H]1C[C@H](C)CC[C@H]1C(C)C. The zero-order valence-electron chi connectivity index (χ0n) is 8.84. The van der Waals surface area contributed by atoms with Crippen LogP contribution in [0.25, 0.3) is 0 Å². The molecule has 12 heavy (non-hydrogen) atoms. The van der Waals surface area contributed by atoms with E-state index < -0.39 is 0 Å². The highest BCUT2D eigenvalue weighted by Gasteiger charge is 2.30. The number of hydrogen-bond donors (Lipinski definition) is 0. The van der Waals surface area contributed by atoms with Crippen LogP contribution in [-0.2, 0) is 4.74 Å². The summed E-state index contributed by atoms with van der Waals surface area (Å²) in [5, 5.41) is 0. The van der Waals surface area contributed by atoms with Crippen LogP contribution < -0.4 is 0 Å². The average molecular weight is 170 g/mol. The van der Waals surface area contributed by atoms with Gasteiger partial charge >= 0.3 is 0 Å². The van der Waals surface area contributed by atoms with Crippen LogP contribution in [0.4, 0.5) is 0 Å². The second-order valence-corrected chi connectivity index (χ2v) is 4.60. The van der Waals surface area contributed by atoms with Gasteiger partial charge in [-0.05, 0) is 30.6 Å². The minimum atomic E-state index is 0.522. The van der Waals surface area contributed by atoms with Gasteiger partial charge in [0, 0.05) is 7.11 Å². The van der Waals surface area contributed by atoms with Gasteiger partial charge in [0.15, 0.2) is 0 Å². The highest BCUT2D eigenvalue weighted by Crippen LogP contribution is 2.34. The van der Waals surface area contributed by atoms with Gasteiger partial charge in [-0.2, -0.15) is 0 Å². The molecule has 0 heterocycles. The lowest BCUT2D eigenvalue weighted by atomic mass is 9.75. The van der Waals surface area contributed by atoms with Gasteiger partial charge in [-0.25, -0.2) is 0 Å². The first kappa shape index (κ1) is 10.0. The third kappa shape index (κ3) is 2.22. The first-order chi connectivity index (χ1) is 5.65. The van der Waals surface area contributed by atoms with Gasteiger partial charge in [0.2, 0.25) is 0 Å². The van der Waals surface area contributed by atoms with Crippen LogP contribution in [0.5, 0.6) is 0 Å². The van der Waals surface area contributed by atoms with Gasteiger partial charge in [0.1, 0.15) is 0 Å². The molecule has 0 aromatic carbocycles. The summed E-state index contributed by atoms with van der Waals surface area (Å²) < 4.78 is 5.54. The molecule has 0 spiro atoms. The van der Waals surface area contributed by atoms with Crippen molar-refractivity contribution in [2.24, 2.45) is 17.8 Å². The molecule has 0 aromatic rings. The minimum Gasteiger partial charge on any atom is -0.381 e. The summed E-state index contributed by atoms with van der Waals surface area (Å²) in [5.41, 5.74) is 0. The van der Waals surface area contributed by atoms with Crippen LogP contribution in [0.2, 0.25) is 0 Å². The van der Waals surface area contributed by atoms with Crippen molar-refractivity contribution >= 4 is 0 Å². The van der Waals surface area contributed by atoms with Crippen LogP contribution >= 0.6 is 0 Å². The van der Waals surface area contributed by atoms with Crippen molar-refractivity contribution in [3.63, 3.8) is 0 Å². The molecule has 0 bridgehead atoms. The standard InChI is InChI=1S/C11H22O/c1-8(2)10-6-5-9(3)7-11(10)12-4/h8-11H,5-7H2,1-4H3/t9-,10+,11-/m1/s1. The molecular formula is C11H22O. The van der Waals surface area contributed by atoms with Gasteiger partial charge in [0.05, 0.1) is 6.10 Å². The fourth-order valence-corrected chi connectivity index (χ4v) is 2.39. The summed E-state index contributed by atoms with van der Waals surface area (Å²) in [6.45, 7) is 6.96. The van der Waals surface area contributed by atoms with E-state index in [2.05, 4.69) is 20.8 Å². The largest absolute Gasteiger partial charge is 0.381 e. The summed E-state index contributed by atoms with van der Waals surface area (Å²) in [6.07, 6.45) is 4.54. The van der Waals surface area contributed by atoms with E-state index in [0.717, 1.165) is 17.8 Å². The highest BCUT2D eigenvalue weighted by molar-refractivity contribution is 4.80. The molecule has 1 aliphatic rings. The maximum absolute atomic E-state index is 5.54. The lowest BCUT2D eigenvalue weighted by molar-refractivity contribution is -0.00982. The molecule has 0 amide bonds. The molecule has 1 heteroatoms. The van der Waals surface area contributed by atoms with Crippen molar-refractivity contribution in [1.82, 2.24) is 0 Å². The Balaban J connectivity index is 2.50. The van der Waals surface area contributed by atoms with Gasteiger partial charge in [0.25, 0.3) is 0 Å². The molecule has 1 aliphatic carbocycles. The van der Waals surface area contributed by atoms with Crippen LogP contribution in [0.3, 0.4) is 0 Å². The Bertz CT molecular complexity index is 131. The predicted octanol–water partition coefficient (Wildman–Crippen LogP) is 3.09. The van der Waals surface area contributed by atoms with Crippen molar-refractivity contribution in [3.8, 4) is 0 Å². The maximum atomic E-state index is 5.54. The van der Waals surface area contributed by atoms with Crippen molar-refractivity contribution < 1.29 is 4.74 Å². The molecular weight excluding hydrogens is 148 g/mol. The normalized spacial score (nSPS) is 37.2. The Labute approximate surface area is 76.5 Å². The molecule has 3 atom stereocenters.